The highest BCUT2D eigenvalue weighted by atomic mass is 32.1. The molecule has 0 unspecified atom stereocenters. The van der Waals surface area contributed by atoms with Gasteiger partial charge in [0.05, 0.1) is 12.2 Å². The lowest BCUT2D eigenvalue weighted by Gasteiger charge is -2.50. The molecule has 1 aromatic heterocycles. The molecule has 3 aliphatic heterocycles. The molecule has 0 saturated carbocycles. The normalized spacial score (nSPS) is 28.9. The largest absolute Gasteiger partial charge is 0.370 e. The Morgan fingerprint density at radius 3 is 2.85 bits per heavy atom. The van der Waals surface area contributed by atoms with Crippen LogP contribution in [-0.2, 0) is 23.2 Å². The van der Waals surface area contributed by atoms with Crippen molar-refractivity contribution < 1.29 is 9.53 Å². The van der Waals surface area contributed by atoms with Crippen molar-refractivity contribution in [3.8, 4) is 0 Å². The van der Waals surface area contributed by atoms with Crippen molar-refractivity contribution >= 4 is 17.4 Å². The number of urea groups is 1. The van der Waals surface area contributed by atoms with E-state index in [4.69, 9.17) is 4.74 Å². The second-order valence-corrected chi connectivity index (χ2v) is 9.96. The van der Waals surface area contributed by atoms with E-state index in [1.807, 2.05) is 30.3 Å². The highest BCUT2D eigenvalue weighted by Crippen LogP contribution is 2.46. The average molecular weight is 392 g/mol. The highest BCUT2D eigenvalue weighted by Gasteiger charge is 2.45. The minimum Gasteiger partial charge on any atom is -0.370 e. The van der Waals surface area contributed by atoms with Gasteiger partial charge < -0.3 is 19.4 Å². The van der Waals surface area contributed by atoms with Crippen molar-refractivity contribution in [3.05, 3.63) is 21.4 Å². The molecule has 150 valence electrons. The third kappa shape index (κ3) is 3.52. The molecule has 0 bridgehead atoms. The first kappa shape index (κ1) is 19.2. The van der Waals surface area contributed by atoms with E-state index >= 15 is 0 Å². The SMILES string of the molecule is CCc1cc2c(s1)CCO[C@@]21CCN(CC2CN(C(=O)N(C)C)C2)[C@@H](C)C1. The number of fused-ring (bicyclic) bond motifs is 2. The lowest BCUT2D eigenvalue weighted by Crippen LogP contribution is -2.58. The van der Waals surface area contributed by atoms with Gasteiger partial charge in [-0.3, -0.25) is 0 Å². The molecule has 0 aromatic carbocycles. The van der Waals surface area contributed by atoms with Gasteiger partial charge in [-0.25, -0.2) is 4.79 Å². The van der Waals surface area contributed by atoms with E-state index in [1.165, 1.54) is 10.4 Å². The lowest BCUT2D eigenvalue weighted by atomic mass is 9.79. The summed E-state index contributed by atoms with van der Waals surface area (Å²) < 4.78 is 6.45. The third-order valence-electron chi connectivity index (χ3n) is 6.56. The highest BCUT2D eigenvalue weighted by molar-refractivity contribution is 7.12. The van der Waals surface area contributed by atoms with Gasteiger partial charge in [-0.2, -0.15) is 0 Å². The standard InChI is InChI=1S/C21H33N3O2S/c1-5-17-10-18-19(27-17)6-9-26-21(18)7-8-23(15(2)11-21)12-16-13-24(14-16)20(25)22(3)4/h10,15-16H,5-9,11-14H2,1-4H3/t15-,21+/m0/s1. The zero-order valence-corrected chi connectivity index (χ0v) is 18.0. The molecule has 2 saturated heterocycles. The topological polar surface area (TPSA) is 36.0 Å². The summed E-state index contributed by atoms with van der Waals surface area (Å²) in [5.74, 6) is 0.612. The van der Waals surface area contributed by atoms with Gasteiger partial charge in [-0.15, -0.1) is 11.3 Å². The second-order valence-electron chi connectivity index (χ2n) is 8.74. The molecule has 2 amide bonds. The summed E-state index contributed by atoms with van der Waals surface area (Å²) in [4.78, 5) is 21.3. The van der Waals surface area contributed by atoms with Gasteiger partial charge >= 0.3 is 6.03 Å². The lowest BCUT2D eigenvalue weighted by molar-refractivity contribution is -0.114. The molecule has 27 heavy (non-hydrogen) atoms. The molecule has 2 atom stereocenters. The maximum absolute atomic E-state index is 12.0. The molecule has 1 spiro atoms. The van der Waals surface area contributed by atoms with Crippen LogP contribution in [0.1, 0.15) is 42.0 Å². The molecule has 0 aliphatic carbocycles. The van der Waals surface area contributed by atoms with Crippen LogP contribution < -0.4 is 0 Å². The molecule has 2 fully saturated rings. The van der Waals surface area contributed by atoms with Crippen LogP contribution in [-0.4, -0.2) is 73.7 Å². The number of hydrogen-bond acceptors (Lipinski definition) is 4. The van der Waals surface area contributed by atoms with Crippen molar-refractivity contribution in [2.75, 3.05) is 46.9 Å². The predicted octanol–water partition coefficient (Wildman–Crippen LogP) is 3.18. The van der Waals surface area contributed by atoms with Crippen molar-refractivity contribution in [2.24, 2.45) is 5.92 Å². The Morgan fingerprint density at radius 2 is 2.19 bits per heavy atom. The molecule has 4 heterocycles. The van der Waals surface area contributed by atoms with Gasteiger partial charge in [0.15, 0.2) is 0 Å². The van der Waals surface area contributed by atoms with E-state index in [0.29, 0.717) is 12.0 Å². The predicted molar refractivity (Wildman–Crippen MR) is 109 cm³/mol. The number of thiophene rings is 1. The van der Waals surface area contributed by atoms with Crippen molar-refractivity contribution in [2.45, 2.75) is 51.2 Å². The van der Waals surface area contributed by atoms with E-state index < -0.39 is 0 Å². The van der Waals surface area contributed by atoms with Crippen LogP contribution in [0, 0.1) is 5.92 Å². The van der Waals surface area contributed by atoms with Gasteiger partial charge in [-0.1, -0.05) is 6.92 Å². The van der Waals surface area contributed by atoms with Crippen molar-refractivity contribution in [3.63, 3.8) is 0 Å². The molecule has 6 heteroatoms. The van der Waals surface area contributed by atoms with Crippen LogP contribution in [0.25, 0.3) is 0 Å². The van der Waals surface area contributed by atoms with Crippen LogP contribution in [0.15, 0.2) is 6.07 Å². The van der Waals surface area contributed by atoms with E-state index in [9.17, 15) is 4.79 Å². The number of hydrogen-bond donors (Lipinski definition) is 0. The zero-order chi connectivity index (χ0) is 19.2. The van der Waals surface area contributed by atoms with Crippen LogP contribution in [0.2, 0.25) is 0 Å². The molecule has 1 aromatic rings. The minimum absolute atomic E-state index is 0.0556. The van der Waals surface area contributed by atoms with E-state index in [2.05, 4.69) is 24.8 Å². The van der Waals surface area contributed by atoms with Gasteiger partial charge in [0, 0.05) is 68.4 Å². The number of likely N-dealkylation sites (tertiary alicyclic amines) is 2. The van der Waals surface area contributed by atoms with Crippen LogP contribution in [0.4, 0.5) is 4.79 Å². The Morgan fingerprint density at radius 1 is 1.41 bits per heavy atom. The Hall–Kier alpha value is -1.11. The zero-order valence-electron chi connectivity index (χ0n) is 17.2. The Labute approximate surface area is 167 Å². The number of amides is 2. The summed E-state index contributed by atoms with van der Waals surface area (Å²) in [6, 6.07) is 3.09. The summed E-state index contributed by atoms with van der Waals surface area (Å²) in [5, 5.41) is 0. The third-order valence-corrected chi connectivity index (χ3v) is 7.90. The summed E-state index contributed by atoms with van der Waals surface area (Å²) >= 11 is 2.00. The average Bonchev–Trinajstić information content (AvgIpc) is 3.04. The summed E-state index contributed by atoms with van der Waals surface area (Å²) in [5.41, 5.74) is 1.44. The fraction of sp³-hybridized carbons (Fsp3) is 0.762. The fourth-order valence-electron chi connectivity index (χ4n) is 5.00. The minimum atomic E-state index is -0.0556. The number of ether oxygens (including phenoxy) is 1. The van der Waals surface area contributed by atoms with Gasteiger partial charge in [0.2, 0.25) is 0 Å². The molecular formula is C21H33N3O2S. The maximum Gasteiger partial charge on any atom is 0.319 e. The first-order valence-electron chi connectivity index (χ1n) is 10.4. The van der Waals surface area contributed by atoms with Crippen LogP contribution in [0.3, 0.4) is 0 Å². The van der Waals surface area contributed by atoms with Crippen LogP contribution in [0.5, 0.6) is 0 Å². The van der Waals surface area contributed by atoms with Crippen molar-refractivity contribution in [1.29, 1.82) is 0 Å². The molecule has 3 aliphatic rings. The van der Waals surface area contributed by atoms with Gasteiger partial charge in [0.1, 0.15) is 0 Å². The number of piperidine rings is 1. The Kier molecular flexibility index (Phi) is 5.25. The van der Waals surface area contributed by atoms with E-state index in [-0.39, 0.29) is 11.6 Å². The number of carbonyl (C=O) groups is 1. The Balaban J connectivity index is 1.37. The number of carbonyl (C=O) groups excluding carboxylic acids is 1. The molecule has 5 nitrogen and oxygen atoms in total. The fourth-order valence-corrected chi connectivity index (χ4v) is 6.18. The number of aryl methyl sites for hydroxylation is 1. The Bertz CT molecular complexity index is 698. The van der Waals surface area contributed by atoms with E-state index in [1.54, 1.807) is 9.78 Å². The quantitative estimate of drug-likeness (QED) is 0.794. The molecule has 0 N–H and O–H groups in total. The second kappa shape index (κ2) is 7.37. The molecule has 0 radical (unpaired) electrons. The maximum atomic E-state index is 12.0. The van der Waals surface area contributed by atoms with Crippen LogP contribution >= 0.6 is 11.3 Å². The number of nitrogens with zero attached hydrogens (tertiary/aromatic N) is 3. The monoisotopic (exact) mass is 391 g/mol. The molecular weight excluding hydrogens is 358 g/mol. The van der Waals surface area contributed by atoms with E-state index in [0.717, 1.165) is 58.5 Å². The molecule has 4 rings (SSSR count). The number of rotatable bonds is 3. The van der Waals surface area contributed by atoms with Gasteiger partial charge in [-0.05, 0) is 37.8 Å². The summed E-state index contributed by atoms with van der Waals surface area (Å²) in [7, 11) is 3.66. The van der Waals surface area contributed by atoms with Crippen molar-refractivity contribution in [1.82, 2.24) is 14.7 Å². The smallest absolute Gasteiger partial charge is 0.319 e. The van der Waals surface area contributed by atoms with Gasteiger partial charge in [0.25, 0.3) is 0 Å². The summed E-state index contributed by atoms with van der Waals surface area (Å²) in [6.07, 6.45) is 4.39. The summed E-state index contributed by atoms with van der Waals surface area (Å²) in [6.45, 7) is 9.47. The first-order chi connectivity index (χ1) is 12.9. The first-order valence-corrected chi connectivity index (χ1v) is 11.2.